The summed E-state index contributed by atoms with van der Waals surface area (Å²) in [5.74, 6) is -2.80. The van der Waals surface area contributed by atoms with E-state index in [1.54, 1.807) is 0 Å². The minimum Gasteiger partial charge on any atom is -0.314 e. The molecule has 1 fully saturated rings. The molecule has 1 aromatic carbocycles. The van der Waals surface area contributed by atoms with Gasteiger partial charge in [-0.05, 0) is 23.6 Å². The summed E-state index contributed by atoms with van der Waals surface area (Å²) in [6.45, 7) is 2.83. The van der Waals surface area contributed by atoms with Gasteiger partial charge in [-0.15, -0.1) is 23.7 Å². The second-order valence-electron chi connectivity index (χ2n) is 4.96. The third kappa shape index (κ3) is 3.30. The van der Waals surface area contributed by atoms with Gasteiger partial charge in [0.25, 0.3) is 0 Å². The number of thiophene rings is 1. The van der Waals surface area contributed by atoms with E-state index in [2.05, 4.69) is 5.32 Å². The van der Waals surface area contributed by atoms with Crippen molar-refractivity contribution in [2.75, 3.05) is 26.2 Å². The number of halogens is 4. The van der Waals surface area contributed by atoms with Crippen molar-refractivity contribution in [2.45, 2.75) is 6.04 Å². The summed E-state index contributed by atoms with van der Waals surface area (Å²) in [7, 11) is 0. The minimum absolute atomic E-state index is 0. The normalized spacial score (nSPS) is 17.0. The van der Waals surface area contributed by atoms with E-state index in [1.807, 2.05) is 22.4 Å². The van der Waals surface area contributed by atoms with Gasteiger partial charge in [-0.1, -0.05) is 6.07 Å². The highest BCUT2D eigenvalue weighted by molar-refractivity contribution is 7.10. The van der Waals surface area contributed by atoms with E-state index in [0.29, 0.717) is 13.1 Å². The van der Waals surface area contributed by atoms with Crippen LogP contribution in [-0.4, -0.2) is 31.1 Å². The molecule has 7 heteroatoms. The number of piperazine rings is 1. The van der Waals surface area contributed by atoms with Crippen molar-refractivity contribution in [3.05, 3.63) is 57.5 Å². The Hall–Kier alpha value is -1.08. The maximum atomic E-state index is 14.2. The second-order valence-corrected chi connectivity index (χ2v) is 5.94. The Balaban J connectivity index is 0.00000176. The van der Waals surface area contributed by atoms with Crippen LogP contribution in [0.5, 0.6) is 0 Å². The standard InChI is InChI=1S/C15H15F3N2S.ClH/c16-10-3-4-11(17)14(18)13(10)15(12-2-1-9-21-12)20-7-5-19-6-8-20;/h1-4,9,15,19H,5-8H2;1H/t15-;/m1./s1. The van der Waals surface area contributed by atoms with E-state index < -0.39 is 23.5 Å². The first-order chi connectivity index (χ1) is 10.2. The molecule has 22 heavy (non-hydrogen) atoms. The van der Waals surface area contributed by atoms with Crippen molar-refractivity contribution >= 4 is 23.7 Å². The van der Waals surface area contributed by atoms with Crippen molar-refractivity contribution in [1.82, 2.24) is 10.2 Å². The van der Waals surface area contributed by atoms with Gasteiger partial charge in [0.15, 0.2) is 11.6 Å². The summed E-state index contributed by atoms with van der Waals surface area (Å²) in [5, 5.41) is 5.07. The Morgan fingerprint density at radius 3 is 2.36 bits per heavy atom. The topological polar surface area (TPSA) is 15.3 Å². The number of nitrogens with one attached hydrogen (secondary N) is 1. The van der Waals surface area contributed by atoms with Gasteiger partial charge in [-0.25, -0.2) is 13.2 Å². The van der Waals surface area contributed by atoms with Gasteiger partial charge in [0.1, 0.15) is 5.82 Å². The monoisotopic (exact) mass is 348 g/mol. The van der Waals surface area contributed by atoms with E-state index in [-0.39, 0.29) is 18.0 Å². The van der Waals surface area contributed by atoms with Crippen LogP contribution in [-0.2, 0) is 0 Å². The first-order valence-corrected chi connectivity index (χ1v) is 7.68. The van der Waals surface area contributed by atoms with E-state index in [4.69, 9.17) is 0 Å². The number of rotatable bonds is 3. The maximum Gasteiger partial charge on any atom is 0.166 e. The molecule has 0 spiro atoms. The lowest BCUT2D eigenvalue weighted by molar-refractivity contribution is 0.193. The van der Waals surface area contributed by atoms with Crippen LogP contribution in [0.4, 0.5) is 13.2 Å². The molecule has 1 aliphatic heterocycles. The summed E-state index contributed by atoms with van der Waals surface area (Å²) < 4.78 is 41.9. The van der Waals surface area contributed by atoms with Crippen LogP contribution in [0, 0.1) is 17.5 Å². The molecule has 0 radical (unpaired) electrons. The molecule has 2 nitrogen and oxygen atoms in total. The number of nitrogens with zero attached hydrogens (tertiary/aromatic N) is 1. The quantitative estimate of drug-likeness (QED) is 0.853. The van der Waals surface area contributed by atoms with Crippen molar-refractivity contribution in [1.29, 1.82) is 0 Å². The molecule has 0 unspecified atom stereocenters. The zero-order chi connectivity index (χ0) is 14.8. The first-order valence-electron chi connectivity index (χ1n) is 6.80. The van der Waals surface area contributed by atoms with E-state index in [0.717, 1.165) is 30.1 Å². The largest absolute Gasteiger partial charge is 0.314 e. The summed E-state index contributed by atoms with van der Waals surface area (Å²) in [5.41, 5.74) is -0.195. The van der Waals surface area contributed by atoms with Gasteiger partial charge in [0.2, 0.25) is 0 Å². The SMILES string of the molecule is Cl.Fc1ccc(F)c([C@@H](c2cccs2)N2CCNCC2)c1F. The fourth-order valence-electron chi connectivity index (χ4n) is 2.69. The lowest BCUT2D eigenvalue weighted by atomic mass is 10.0. The molecule has 120 valence electrons. The van der Waals surface area contributed by atoms with Gasteiger partial charge in [0.05, 0.1) is 6.04 Å². The van der Waals surface area contributed by atoms with Crippen LogP contribution in [0.2, 0.25) is 0 Å². The number of hydrogen-bond acceptors (Lipinski definition) is 3. The van der Waals surface area contributed by atoms with Crippen molar-refractivity contribution in [2.24, 2.45) is 0 Å². The third-order valence-corrected chi connectivity index (χ3v) is 4.61. The predicted molar refractivity (Wildman–Crippen MR) is 84.2 cm³/mol. The Morgan fingerprint density at radius 1 is 1.05 bits per heavy atom. The first kappa shape index (κ1) is 17.3. The Morgan fingerprint density at radius 2 is 1.73 bits per heavy atom. The average Bonchev–Trinajstić information content (AvgIpc) is 3.02. The Kier molecular flexibility index (Phi) is 5.86. The molecule has 1 saturated heterocycles. The van der Waals surface area contributed by atoms with E-state index in [1.165, 1.54) is 11.3 Å². The van der Waals surface area contributed by atoms with Crippen molar-refractivity contribution < 1.29 is 13.2 Å². The molecule has 2 aromatic rings. The molecule has 1 N–H and O–H groups in total. The minimum atomic E-state index is -1.09. The van der Waals surface area contributed by atoms with Gasteiger partial charge in [-0.3, -0.25) is 4.90 Å². The highest BCUT2D eigenvalue weighted by atomic mass is 35.5. The summed E-state index contributed by atoms with van der Waals surface area (Å²) in [6, 6.07) is 4.92. The molecule has 1 aliphatic rings. The zero-order valence-corrected chi connectivity index (χ0v) is 13.3. The second kappa shape index (κ2) is 7.46. The highest BCUT2D eigenvalue weighted by Gasteiger charge is 2.30. The summed E-state index contributed by atoms with van der Waals surface area (Å²) >= 11 is 1.42. The molecule has 1 atom stereocenters. The van der Waals surface area contributed by atoms with Crippen LogP contribution in [0.25, 0.3) is 0 Å². The molecule has 1 aromatic heterocycles. The molecule has 0 amide bonds. The number of benzene rings is 1. The molecular formula is C15H16ClF3N2S. The van der Waals surface area contributed by atoms with Gasteiger partial charge in [0, 0.05) is 36.6 Å². The predicted octanol–water partition coefficient (Wildman–Crippen LogP) is 3.58. The Bertz CT molecular complexity index is 616. The average molecular weight is 349 g/mol. The van der Waals surface area contributed by atoms with E-state index in [9.17, 15) is 13.2 Å². The fraction of sp³-hybridized carbons (Fsp3) is 0.333. The van der Waals surface area contributed by atoms with Crippen molar-refractivity contribution in [3.63, 3.8) is 0 Å². The third-order valence-electron chi connectivity index (χ3n) is 3.68. The molecule has 0 saturated carbocycles. The highest BCUT2D eigenvalue weighted by Crippen LogP contribution is 2.35. The number of hydrogen-bond donors (Lipinski definition) is 1. The van der Waals surface area contributed by atoms with Crippen LogP contribution < -0.4 is 5.32 Å². The lowest BCUT2D eigenvalue weighted by Crippen LogP contribution is -2.45. The Labute approximate surface area is 137 Å². The van der Waals surface area contributed by atoms with Crippen LogP contribution in [0.1, 0.15) is 16.5 Å². The van der Waals surface area contributed by atoms with E-state index >= 15 is 0 Å². The fourth-order valence-corrected chi connectivity index (χ4v) is 3.55. The molecule has 3 rings (SSSR count). The lowest BCUT2D eigenvalue weighted by Gasteiger charge is -2.35. The van der Waals surface area contributed by atoms with Crippen molar-refractivity contribution in [3.8, 4) is 0 Å². The van der Waals surface area contributed by atoms with Gasteiger partial charge < -0.3 is 5.32 Å². The van der Waals surface area contributed by atoms with Gasteiger partial charge in [-0.2, -0.15) is 0 Å². The smallest absolute Gasteiger partial charge is 0.166 e. The molecule has 0 bridgehead atoms. The van der Waals surface area contributed by atoms with Crippen LogP contribution >= 0.6 is 23.7 Å². The maximum absolute atomic E-state index is 14.2. The van der Waals surface area contributed by atoms with Crippen LogP contribution in [0.3, 0.4) is 0 Å². The summed E-state index contributed by atoms with van der Waals surface area (Å²) in [6.07, 6.45) is 0. The zero-order valence-electron chi connectivity index (χ0n) is 11.7. The molecule has 2 heterocycles. The molecular weight excluding hydrogens is 333 g/mol. The van der Waals surface area contributed by atoms with Gasteiger partial charge >= 0.3 is 0 Å². The summed E-state index contributed by atoms with van der Waals surface area (Å²) in [4.78, 5) is 2.81. The van der Waals surface area contributed by atoms with Crippen LogP contribution in [0.15, 0.2) is 29.6 Å². The molecule has 0 aliphatic carbocycles.